The molecule has 0 bridgehead atoms. The van der Waals surface area contributed by atoms with Crippen LogP contribution in [0.3, 0.4) is 0 Å². The zero-order chi connectivity index (χ0) is 23.8. The summed E-state index contributed by atoms with van der Waals surface area (Å²) in [6, 6.07) is 5.52. The van der Waals surface area contributed by atoms with Crippen LogP contribution in [0.25, 0.3) is 0 Å². The van der Waals surface area contributed by atoms with Gasteiger partial charge in [0.15, 0.2) is 0 Å². The summed E-state index contributed by atoms with van der Waals surface area (Å²) in [6.45, 7) is 1.80. The van der Waals surface area contributed by atoms with E-state index in [0.29, 0.717) is 6.42 Å². The van der Waals surface area contributed by atoms with Crippen molar-refractivity contribution < 1.29 is 24.2 Å². The summed E-state index contributed by atoms with van der Waals surface area (Å²) in [7, 11) is 1.82. The topological polar surface area (TPSA) is 102 Å². The Morgan fingerprint density at radius 2 is 1.71 bits per heavy atom. The molecule has 34 heavy (non-hydrogen) atoms. The molecule has 3 fully saturated rings. The molecule has 1 aromatic rings. The molecule has 2 N–H and O–H groups in total. The first-order chi connectivity index (χ1) is 16.4. The molecule has 2 saturated heterocycles. The smallest absolute Gasteiger partial charge is 0.249 e. The van der Waals surface area contributed by atoms with Gasteiger partial charge < -0.3 is 29.3 Å². The second-order valence-electron chi connectivity index (χ2n) is 10.00. The lowest BCUT2D eigenvalue weighted by Gasteiger charge is -2.36. The van der Waals surface area contributed by atoms with Crippen molar-refractivity contribution in [3.05, 3.63) is 18.2 Å². The maximum absolute atomic E-state index is 12.4. The number of aliphatic hydroxyl groups is 1. The second kappa shape index (κ2) is 9.54. The highest BCUT2D eigenvalue weighted by atomic mass is 16.5. The number of rotatable bonds is 5. The van der Waals surface area contributed by atoms with Gasteiger partial charge >= 0.3 is 0 Å². The van der Waals surface area contributed by atoms with Gasteiger partial charge in [-0.2, -0.15) is 0 Å². The van der Waals surface area contributed by atoms with Gasteiger partial charge in [-0.1, -0.05) is 0 Å². The minimum absolute atomic E-state index is 0.212. The number of nitrogens with one attached hydrogen (secondary N) is 1. The molecular weight excluding hydrogens is 436 g/mol. The normalized spacial score (nSPS) is 30.4. The Hall–Kier alpha value is -2.65. The number of carbonyl (C=O) groups excluding carboxylic acids is 3. The molecule has 2 unspecified atom stereocenters. The third-order valence-corrected chi connectivity index (χ3v) is 7.86. The van der Waals surface area contributed by atoms with Gasteiger partial charge in [-0.25, -0.2) is 0 Å². The summed E-state index contributed by atoms with van der Waals surface area (Å²) in [4.78, 5) is 40.8. The quantitative estimate of drug-likeness (QED) is 0.496. The largest absolute Gasteiger partial charge is 0.375 e. The van der Waals surface area contributed by atoms with E-state index in [9.17, 15) is 19.5 Å². The summed E-state index contributed by atoms with van der Waals surface area (Å²) < 4.78 is 6.36. The first-order valence-corrected chi connectivity index (χ1v) is 12.5. The van der Waals surface area contributed by atoms with E-state index in [1.165, 1.54) is 0 Å². The second-order valence-corrected chi connectivity index (χ2v) is 10.00. The molecule has 184 valence electrons. The number of aldehydes is 1. The molecule has 1 aromatic carbocycles. The fourth-order valence-electron chi connectivity index (χ4n) is 5.80. The van der Waals surface area contributed by atoms with Gasteiger partial charge in [0.2, 0.25) is 18.2 Å². The molecule has 0 spiro atoms. The Balaban J connectivity index is 1.22. The molecule has 0 aromatic heterocycles. The lowest BCUT2D eigenvalue weighted by molar-refractivity contribution is -0.134. The Morgan fingerprint density at radius 1 is 1.00 bits per heavy atom. The average molecular weight is 471 g/mol. The summed E-state index contributed by atoms with van der Waals surface area (Å²) in [6.07, 6.45) is 7.10. The van der Waals surface area contributed by atoms with Crippen LogP contribution in [0.15, 0.2) is 18.2 Å². The van der Waals surface area contributed by atoms with Crippen LogP contribution in [-0.4, -0.2) is 67.9 Å². The van der Waals surface area contributed by atoms with Crippen molar-refractivity contribution in [2.45, 2.75) is 76.0 Å². The number of hydrogen-bond donors (Lipinski definition) is 2. The molecular formula is C25H34N4O5. The lowest BCUT2D eigenvalue weighted by atomic mass is 9.88. The van der Waals surface area contributed by atoms with Crippen molar-refractivity contribution in [1.82, 2.24) is 5.32 Å². The van der Waals surface area contributed by atoms with Gasteiger partial charge in [-0.15, -0.1) is 0 Å². The molecule has 0 radical (unpaired) electrons. The van der Waals surface area contributed by atoms with Crippen molar-refractivity contribution in [3.63, 3.8) is 0 Å². The third kappa shape index (κ3) is 4.38. The van der Waals surface area contributed by atoms with Crippen molar-refractivity contribution in [2.75, 3.05) is 34.8 Å². The van der Waals surface area contributed by atoms with Gasteiger partial charge in [-0.05, 0) is 63.1 Å². The predicted molar refractivity (Wildman–Crippen MR) is 128 cm³/mol. The van der Waals surface area contributed by atoms with Crippen LogP contribution in [0, 0.1) is 5.92 Å². The summed E-state index contributed by atoms with van der Waals surface area (Å²) in [5.41, 5.74) is 2.77. The lowest BCUT2D eigenvalue weighted by Crippen LogP contribution is -2.56. The van der Waals surface area contributed by atoms with E-state index in [1.807, 2.05) is 19.2 Å². The molecule has 2 atom stereocenters. The van der Waals surface area contributed by atoms with E-state index in [4.69, 9.17) is 4.74 Å². The number of aliphatic hydroxyl groups excluding tert-OH is 1. The minimum Gasteiger partial charge on any atom is -0.375 e. The minimum atomic E-state index is -0.956. The SMILES string of the molecule is CN1c2cc(N3CCC(OC4CCC(C=O)CC4)CC3)ccc2N(C2CCC(=O)NC2=O)C1O. The Bertz CT molecular complexity index is 939. The van der Waals surface area contributed by atoms with Gasteiger partial charge in [0.1, 0.15) is 12.3 Å². The number of imide groups is 1. The number of nitrogens with zero attached hydrogens (tertiary/aromatic N) is 3. The van der Waals surface area contributed by atoms with Crippen LogP contribution in [0.2, 0.25) is 0 Å². The molecule has 3 aliphatic heterocycles. The fourth-order valence-corrected chi connectivity index (χ4v) is 5.80. The number of benzene rings is 1. The monoisotopic (exact) mass is 470 g/mol. The Morgan fingerprint density at radius 3 is 2.38 bits per heavy atom. The molecule has 9 heteroatoms. The number of amides is 2. The molecule has 4 aliphatic rings. The number of ether oxygens (including phenoxy) is 1. The predicted octanol–water partition coefficient (Wildman–Crippen LogP) is 1.77. The number of carbonyl (C=O) groups is 3. The van der Waals surface area contributed by atoms with Crippen molar-refractivity contribution in [1.29, 1.82) is 0 Å². The molecule has 2 amide bonds. The molecule has 1 aliphatic carbocycles. The first kappa shape index (κ1) is 23.1. The standard InChI is InChI=1S/C25H34N4O5/c1-27-22-14-17(4-7-20(22)29(25(27)33)21-8-9-23(31)26-24(21)32)28-12-10-19(11-13-28)34-18-5-2-16(15-30)3-6-18/h4,7,14-16,18-19,21,25,33H,2-3,5-6,8-13H2,1H3,(H,26,31,32). The van der Waals surface area contributed by atoms with Gasteiger partial charge in [0.25, 0.3) is 0 Å². The first-order valence-electron chi connectivity index (χ1n) is 12.5. The van der Waals surface area contributed by atoms with Gasteiger partial charge in [-0.3, -0.25) is 14.9 Å². The molecule has 5 rings (SSSR count). The highest BCUT2D eigenvalue weighted by molar-refractivity contribution is 6.02. The number of piperidine rings is 2. The molecule has 1 saturated carbocycles. The van der Waals surface area contributed by atoms with Crippen molar-refractivity contribution in [2.24, 2.45) is 5.92 Å². The fraction of sp³-hybridized carbons (Fsp3) is 0.640. The van der Waals surface area contributed by atoms with E-state index >= 15 is 0 Å². The van der Waals surface area contributed by atoms with E-state index in [1.54, 1.807) is 9.80 Å². The van der Waals surface area contributed by atoms with Gasteiger partial charge in [0, 0.05) is 38.2 Å². The number of anilines is 3. The molecule has 3 heterocycles. The zero-order valence-electron chi connectivity index (χ0n) is 19.7. The number of fused-ring (bicyclic) bond motifs is 1. The molecule has 9 nitrogen and oxygen atoms in total. The highest BCUT2D eigenvalue weighted by Gasteiger charge is 2.42. The van der Waals surface area contributed by atoms with Crippen LogP contribution in [0.5, 0.6) is 0 Å². The van der Waals surface area contributed by atoms with Crippen LogP contribution in [0.1, 0.15) is 51.4 Å². The number of hydrogen-bond acceptors (Lipinski definition) is 8. The highest BCUT2D eigenvalue weighted by Crippen LogP contribution is 2.43. The van der Waals surface area contributed by atoms with Crippen LogP contribution < -0.4 is 20.0 Å². The van der Waals surface area contributed by atoms with Crippen molar-refractivity contribution >= 4 is 35.2 Å². The van der Waals surface area contributed by atoms with Gasteiger partial charge in [0.05, 0.1) is 23.6 Å². The van der Waals surface area contributed by atoms with E-state index in [-0.39, 0.29) is 36.4 Å². The van der Waals surface area contributed by atoms with E-state index in [2.05, 4.69) is 16.3 Å². The van der Waals surface area contributed by atoms with Crippen LogP contribution in [0.4, 0.5) is 17.1 Å². The average Bonchev–Trinajstić information content (AvgIpc) is 3.10. The maximum Gasteiger partial charge on any atom is 0.249 e. The van der Waals surface area contributed by atoms with E-state index in [0.717, 1.165) is 75.0 Å². The van der Waals surface area contributed by atoms with Crippen molar-refractivity contribution in [3.8, 4) is 0 Å². The summed E-state index contributed by atoms with van der Waals surface area (Å²) >= 11 is 0. The summed E-state index contributed by atoms with van der Waals surface area (Å²) in [5, 5.41) is 13.3. The summed E-state index contributed by atoms with van der Waals surface area (Å²) in [5.74, 6) is -0.411. The Kier molecular flexibility index (Phi) is 6.48. The van der Waals surface area contributed by atoms with Crippen LogP contribution >= 0.6 is 0 Å². The van der Waals surface area contributed by atoms with E-state index < -0.39 is 12.4 Å². The Labute approximate surface area is 200 Å². The zero-order valence-corrected chi connectivity index (χ0v) is 19.7. The maximum atomic E-state index is 12.4. The third-order valence-electron chi connectivity index (χ3n) is 7.86. The van der Waals surface area contributed by atoms with Crippen LogP contribution in [-0.2, 0) is 19.1 Å².